The molecule has 2 unspecified atom stereocenters. The molecule has 37 nitrogen and oxygen atoms in total. The third-order valence-electron chi connectivity index (χ3n) is 12.7. The number of carboxylic acids is 8. The van der Waals surface area contributed by atoms with Gasteiger partial charge >= 0.3 is 47.8 Å². The number of amides is 9. The number of aliphatic hydroxyl groups excluding tert-OH is 1. The molecule has 0 aliphatic carbocycles. The molecule has 37 heteroatoms. The SMILES string of the molecule is CC(=O)NCc1cc(COc2ccc(CCNC(=O)CC[C@H](NC(=O)CC[C@H](NC(=O)CC[C@H](NC(=O)CC(NC(=O)CC(O)C(=O)N[C@@H](CCC(=O)N[C@@H](CCC(=O)N[C@@H](CCC(=O)O)C(=O)O)C(=O)O)C(=O)O)C(=O)O)C(=O)O)C(=O)O)C(=O)O)cc2)co1. The molecule has 0 aliphatic heterocycles. The second-order valence-electron chi connectivity index (χ2n) is 20.1. The first-order valence-electron chi connectivity index (χ1n) is 27.6. The van der Waals surface area contributed by atoms with Crippen LogP contribution in [0.15, 0.2) is 41.0 Å². The Bertz CT molecular complexity index is 2970. The summed E-state index contributed by atoms with van der Waals surface area (Å²) in [7, 11) is 0. The van der Waals surface area contributed by atoms with Crippen molar-refractivity contribution in [2.75, 3.05) is 6.54 Å². The zero-order chi connectivity index (χ0) is 68.5. The molecule has 1 aromatic heterocycles. The van der Waals surface area contributed by atoms with Crippen LogP contribution >= 0.6 is 0 Å². The summed E-state index contributed by atoms with van der Waals surface area (Å²) < 4.78 is 11.1. The van der Waals surface area contributed by atoms with Crippen LogP contribution in [0.2, 0.25) is 0 Å². The largest absolute Gasteiger partial charge is 0.489 e. The molecule has 500 valence electrons. The van der Waals surface area contributed by atoms with Crippen molar-refractivity contribution in [2.24, 2.45) is 0 Å². The van der Waals surface area contributed by atoms with Crippen molar-refractivity contribution >= 4 is 101 Å². The Morgan fingerprint density at radius 3 is 1.19 bits per heavy atom. The number of hydrogen-bond donors (Lipinski definition) is 18. The first kappa shape index (κ1) is 76.3. The monoisotopic (exact) mass is 1290 g/mol. The number of nitrogens with one attached hydrogen (secondary N) is 9. The van der Waals surface area contributed by atoms with Crippen LogP contribution in [-0.2, 0) is 101 Å². The number of carbonyl (C=O) groups is 17. The maximum atomic E-state index is 12.8. The molecule has 2 aromatic rings. The quantitative estimate of drug-likeness (QED) is 0.0301. The van der Waals surface area contributed by atoms with E-state index in [2.05, 4.69) is 21.3 Å². The minimum Gasteiger partial charge on any atom is -0.489 e. The molecule has 2 rings (SSSR count). The van der Waals surface area contributed by atoms with Gasteiger partial charge in [0.05, 0.1) is 25.6 Å². The number of aliphatic hydroxyl groups is 1. The molecule has 0 saturated carbocycles. The number of rotatable bonds is 45. The predicted octanol–water partition coefficient (Wildman–Crippen LogP) is -3.95. The predicted molar refractivity (Wildman–Crippen MR) is 299 cm³/mol. The van der Waals surface area contributed by atoms with Crippen LogP contribution in [0.5, 0.6) is 5.75 Å². The van der Waals surface area contributed by atoms with E-state index in [0.29, 0.717) is 17.9 Å². The van der Waals surface area contributed by atoms with Crippen LogP contribution in [0.3, 0.4) is 0 Å². The third-order valence-corrected chi connectivity index (χ3v) is 12.7. The van der Waals surface area contributed by atoms with E-state index in [4.69, 9.17) is 14.3 Å². The number of furan rings is 1. The van der Waals surface area contributed by atoms with Crippen LogP contribution in [0.4, 0.5) is 0 Å². The maximum Gasteiger partial charge on any atom is 0.326 e. The summed E-state index contributed by atoms with van der Waals surface area (Å²) >= 11 is 0. The van der Waals surface area contributed by atoms with Crippen molar-refractivity contribution in [2.45, 2.75) is 165 Å². The molecule has 0 radical (unpaired) electrons. The first-order valence-corrected chi connectivity index (χ1v) is 27.6. The Labute approximate surface area is 514 Å². The lowest BCUT2D eigenvalue weighted by molar-refractivity contribution is -0.146. The van der Waals surface area contributed by atoms with Gasteiger partial charge in [0.1, 0.15) is 66.5 Å². The van der Waals surface area contributed by atoms with Crippen LogP contribution in [-0.4, -0.2) is 202 Å². The Kier molecular flexibility index (Phi) is 32.9. The van der Waals surface area contributed by atoms with Crippen molar-refractivity contribution in [1.29, 1.82) is 0 Å². The standard InChI is InChI=1S/C54H71N9O28/c1-26(64)56-23-30-20-28(25-91-30)24-90-29-4-2-27(3-5-29)18-19-55-39(66)12-6-31(48(76)77)57-40(67)13-7-32(49(78)79)58-41(68)15-9-34(51(82)83)61-44(71)21-37(54(88)89)62-45(72)22-38(65)47(75)63-36(53(86)87)10-16-43(70)59-33(50(80)81)8-14-42(69)60-35(52(84)85)11-17-46(73)74/h2-5,20,25,31-38,65H,6-19,21-24H2,1H3,(H,55,66)(H,56,64)(H,57,67)(H,58,68)(H,59,70)(H,60,69)(H,61,71)(H,62,72)(H,63,75)(H,73,74)(H,76,77)(H,78,79)(H,80,81)(H,82,83)(H,84,85)(H,86,87)(H,88,89)/t31-,32-,33-,34-,35-,36-,37?,38?/m0/s1. The van der Waals surface area contributed by atoms with Gasteiger partial charge in [-0.3, -0.25) is 47.9 Å². The average Bonchev–Trinajstić information content (AvgIpc) is 2.71. The molecule has 0 bridgehead atoms. The third kappa shape index (κ3) is 31.6. The van der Waals surface area contributed by atoms with Gasteiger partial charge < -0.3 is 103 Å². The lowest BCUT2D eigenvalue weighted by Crippen LogP contribution is -2.50. The van der Waals surface area contributed by atoms with Gasteiger partial charge in [0.2, 0.25) is 53.2 Å². The molecule has 91 heavy (non-hydrogen) atoms. The van der Waals surface area contributed by atoms with Crippen molar-refractivity contribution in [3.63, 3.8) is 0 Å². The highest BCUT2D eigenvalue weighted by Crippen LogP contribution is 2.17. The highest BCUT2D eigenvalue weighted by atomic mass is 16.5. The Morgan fingerprint density at radius 2 is 0.791 bits per heavy atom. The number of benzene rings is 1. The fourth-order valence-electron chi connectivity index (χ4n) is 7.84. The van der Waals surface area contributed by atoms with Gasteiger partial charge in [-0.2, -0.15) is 0 Å². The summed E-state index contributed by atoms with van der Waals surface area (Å²) in [6, 6.07) is -4.16. The van der Waals surface area contributed by atoms with Crippen LogP contribution < -0.4 is 52.6 Å². The van der Waals surface area contributed by atoms with Crippen LogP contribution in [0.25, 0.3) is 0 Å². The Morgan fingerprint density at radius 1 is 0.429 bits per heavy atom. The molecule has 0 saturated heterocycles. The first-order chi connectivity index (χ1) is 42.7. The summed E-state index contributed by atoms with van der Waals surface area (Å²) in [5.41, 5.74) is 1.58. The van der Waals surface area contributed by atoms with Gasteiger partial charge in [-0.05, 0) is 68.7 Å². The smallest absolute Gasteiger partial charge is 0.326 e. The van der Waals surface area contributed by atoms with E-state index in [-0.39, 0.29) is 38.4 Å². The van der Waals surface area contributed by atoms with E-state index >= 15 is 0 Å². The van der Waals surface area contributed by atoms with E-state index in [1.807, 2.05) is 21.3 Å². The van der Waals surface area contributed by atoms with E-state index in [0.717, 1.165) is 11.1 Å². The summed E-state index contributed by atoms with van der Waals surface area (Å²) in [6.07, 6.45) is -10.5. The van der Waals surface area contributed by atoms with Crippen molar-refractivity contribution in [3.8, 4) is 5.75 Å². The van der Waals surface area contributed by atoms with Gasteiger partial charge in [-0.25, -0.2) is 33.6 Å². The second-order valence-corrected chi connectivity index (χ2v) is 20.1. The zero-order valence-electron chi connectivity index (χ0n) is 48.6. The van der Waals surface area contributed by atoms with Gasteiger partial charge in [0, 0.05) is 57.6 Å². The van der Waals surface area contributed by atoms with E-state index in [1.165, 1.54) is 13.2 Å². The van der Waals surface area contributed by atoms with E-state index in [1.54, 1.807) is 35.6 Å². The van der Waals surface area contributed by atoms with Crippen molar-refractivity contribution in [1.82, 2.24) is 47.9 Å². The molecular weight excluding hydrogens is 1220 g/mol. The number of hydrogen-bond acceptors (Lipinski definition) is 20. The normalized spacial score (nSPS) is 13.4. The second kappa shape index (κ2) is 39.2. The lowest BCUT2D eigenvalue weighted by Gasteiger charge is -2.20. The van der Waals surface area contributed by atoms with Gasteiger partial charge in [0.15, 0.2) is 0 Å². The van der Waals surface area contributed by atoms with E-state index < -0.39 is 220 Å². The highest BCUT2D eigenvalue weighted by molar-refractivity contribution is 5.94. The van der Waals surface area contributed by atoms with E-state index in [9.17, 15) is 122 Å². The van der Waals surface area contributed by atoms with Gasteiger partial charge in [0.25, 0.3) is 0 Å². The fourth-order valence-corrected chi connectivity index (χ4v) is 7.84. The minimum atomic E-state index is -2.41. The lowest BCUT2D eigenvalue weighted by atomic mass is 10.1. The fraction of sp³-hybridized carbons (Fsp3) is 0.500. The topological polar surface area (TPSA) is 603 Å². The minimum absolute atomic E-state index is 0.171. The molecule has 9 amide bonds. The zero-order valence-corrected chi connectivity index (χ0v) is 48.6. The summed E-state index contributed by atoms with van der Waals surface area (Å²) in [5.74, 6) is -21.5. The number of carbonyl (C=O) groups excluding carboxylic acids is 9. The number of ether oxygens (including phenoxy) is 1. The Hall–Kier alpha value is -10.8. The maximum absolute atomic E-state index is 12.8. The summed E-state index contributed by atoms with van der Waals surface area (Å²) in [5, 5.41) is 105. The van der Waals surface area contributed by atoms with Crippen LogP contribution in [0, 0.1) is 0 Å². The molecule has 0 aliphatic rings. The average molecular weight is 1290 g/mol. The molecule has 1 aromatic carbocycles. The summed E-state index contributed by atoms with van der Waals surface area (Å²) in [4.78, 5) is 205. The van der Waals surface area contributed by atoms with Crippen molar-refractivity contribution in [3.05, 3.63) is 53.5 Å². The van der Waals surface area contributed by atoms with Crippen LogP contribution in [0.1, 0.15) is 114 Å². The Balaban J connectivity index is 1.82. The number of aliphatic carboxylic acids is 8. The summed E-state index contributed by atoms with van der Waals surface area (Å²) in [6.45, 7) is 1.99. The molecule has 8 atom stereocenters. The molecule has 0 fully saturated rings. The molecule has 1 heterocycles. The van der Waals surface area contributed by atoms with Gasteiger partial charge in [-0.15, -0.1) is 0 Å². The molecular formula is C54H71N9O28. The van der Waals surface area contributed by atoms with Gasteiger partial charge in [-0.1, -0.05) is 12.1 Å². The molecule has 18 N–H and O–H groups in total. The van der Waals surface area contributed by atoms with Crippen molar-refractivity contribution < 1.29 is 137 Å². The highest BCUT2D eigenvalue weighted by Gasteiger charge is 2.32. The number of carboxylic acid groups (broad SMARTS) is 8. The molecule has 0 spiro atoms.